The van der Waals surface area contributed by atoms with Crippen molar-refractivity contribution in [1.29, 1.82) is 0 Å². The lowest BCUT2D eigenvalue weighted by molar-refractivity contribution is -0.121. The highest BCUT2D eigenvalue weighted by Gasteiger charge is 2.32. The van der Waals surface area contributed by atoms with Crippen molar-refractivity contribution in [3.8, 4) is 23.0 Å². The van der Waals surface area contributed by atoms with Crippen molar-refractivity contribution in [2.75, 3.05) is 71.0 Å². The van der Waals surface area contributed by atoms with Crippen LogP contribution in [0.5, 0.6) is 23.0 Å². The molecule has 0 atom stereocenters. The van der Waals surface area contributed by atoms with E-state index in [1.807, 2.05) is 54.1 Å². The molecule has 250 valence electrons. The molecule has 2 aliphatic rings. The number of ether oxygens (including phenoxy) is 4. The summed E-state index contributed by atoms with van der Waals surface area (Å²) in [6.45, 7) is 6.91. The molecule has 3 aromatic carbocycles. The molecule has 2 saturated heterocycles. The van der Waals surface area contributed by atoms with Gasteiger partial charge in [-0.15, -0.1) is 0 Å². The van der Waals surface area contributed by atoms with Gasteiger partial charge in [-0.25, -0.2) is 0 Å². The Labute approximate surface area is 274 Å². The van der Waals surface area contributed by atoms with E-state index in [0.29, 0.717) is 35.2 Å². The third kappa shape index (κ3) is 6.56. The molecule has 0 bridgehead atoms. The Morgan fingerprint density at radius 1 is 0.745 bits per heavy atom. The molecule has 2 N–H and O–H groups in total. The molecule has 2 aliphatic heterocycles. The van der Waals surface area contributed by atoms with Gasteiger partial charge in [-0.1, -0.05) is 12.1 Å². The lowest BCUT2D eigenvalue weighted by atomic mass is 10.1. The molecule has 2 amide bonds. The summed E-state index contributed by atoms with van der Waals surface area (Å²) in [4.78, 5) is 31.0. The van der Waals surface area contributed by atoms with Crippen molar-refractivity contribution in [2.24, 2.45) is 0 Å². The number of anilines is 2. The maximum absolute atomic E-state index is 12.4. The Hall–Kier alpha value is -4.81. The molecule has 6 rings (SSSR count). The monoisotopic (exact) mass is 645 g/mol. The highest BCUT2D eigenvalue weighted by Crippen LogP contribution is 2.36. The van der Waals surface area contributed by atoms with Crippen LogP contribution in [0.15, 0.2) is 48.5 Å². The minimum atomic E-state index is -0.121. The number of amides is 2. The number of hydrogen-bond acceptors (Lipinski definition) is 9. The Kier molecular flexibility index (Phi) is 10.2. The van der Waals surface area contributed by atoms with Gasteiger partial charge < -0.3 is 29.3 Å². The standard InChI is InChI=1S/C35H41N5O6.H2O/c1-23-27(7-6-8-28(23)40-34(41)11-12-35(40)42)38-17-15-37(16-18-38)14-13-26-25-20-32(45-4)33(46-5)21-29(25)39(36-26)22-24-9-10-30(43-2)31(19-24)44-3;/h6-10,19-21H,11-18,22H2,1-5H3;1H2. The van der Waals surface area contributed by atoms with E-state index in [1.165, 1.54) is 4.90 Å². The van der Waals surface area contributed by atoms with Crippen molar-refractivity contribution in [3.05, 3.63) is 65.4 Å². The van der Waals surface area contributed by atoms with Gasteiger partial charge >= 0.3 is 0 Å². The smallest absolute Gasteiger partial charge is 0.234 e. The zero-order valence-corrected chi connectivity index (χ0v) is 27.7. The van der Waals surface area contributed by atoms with E-state index in [2.05, 4.69) is 15.9 Å². The molecular formula is C35H43N5O7. The Morgan fingerprint density at radius 3 is 2.02 bits per heavy atom. The first kappa shape index (κ1) is 33.6. The van der Waals surface area contributed by atoms with Crippen LogP contribution in [0.3, 0.4) is 0 Å². The highest BCUT2D eigenvalue weighted by molar-refractivity contribution is 6.20. The summed E-state index contributed by atoms with van der Waals surface area (Å²) in [5, 5.41) is 6.13. The second-order valence-electron chi connectivity index (χ2n) is 11.6. The topological polar surface area (TPSA) is 130 Å². The summed E-state index contributed by atoms with van der Waals surface area (Å²) in [6, 6.07) is 15.8. The summed E-state index contributed by atoms with van der Waals surface area (Å²) in [6.07, 6.45) is 1.34. The molecule has 0 unspecified atom stereocenters. The SMILES string of the molecule is COc1ccc(Cn2nc(CCN3CCN(c4cccc(N5C(=O)CCC5=O)c4C)CC3)c3cc(OC)c(OC)cc32)cc1OC.O. The number of piperazine rings is 1. The first-order valence-electron chi connectivity index (χ1n) is 15.6. The van der Waals surface area contributed by atoms with Crippen LogP contribution < -0.4 is 28.7 Å². The third-order valence-corrected chi connectivity index (χ3v) is 9.06. The number of rotatable bonds is 11. The normalized spacial score (nSPS) is 15.3. The molecule has 0 radical (unpaired) electrons. The third-order valence-electron chi connectivity index (χ3n) is 9.06. The second-order valence-corrected chi connectivity index (χ2v) is 11.6. The maximum atomic E-state index is 12.4. The van der Waals surface area contributed by atoms with E-state index in [-0.39, 0.29) is 30.1 Å². The van der Waals surface area contributed by atoms with Crippen LogP contribution in [0.25, 0.3) is 10.9 Å². The Morgan fingerprint density at radius 2 is 1.36 bits per heavy atom. The van der Waals surface area contributed by atoms with Crippen LogP contribution in [0.4, 0.5) is 11.4 Å². The quantitative estimate of drug-likeness (QED) is 0.225. The minimum Gasteiger partial charge on any atom is -0.493 e. The fourth-order valence-corrected chi connectivity index (χ4v) is 6.54. The van der Waals surface area contributed by atoms with Gasteiger partial charge in [-0.05, 0) is 48.4 Å². The van der Waals surface area contributed by atoms with Gasteiger partial charge in [0.25, 0.3) is 0 Å². The average molecular weight is 646 g/mol. The summed E-state index contributed by atoms with van der Waals surface area (Å²) in [7, 11) is 6.56. The number of nitrogens with zero attached hydrogens (tertiary/aromatic N) is 5. The van der Waals surface area contributed by atoms with Gasteiger partial charge in [0.1, 0.15) is 0 Å². The van der Waals surface area contributed by atoms with Crippen molar-refractivity contribution in [1.82, 2.24) is 14.7 Å². The van der Waals surface area contributed by atoms with Crippen LogP contribution >= 0.6 is 0 Å². The van der Waals surface area contributed by atoms with Gasteiger partial charge in [-0.3, -0.25) is 24.1 Å². The predicted octanol–water partition coefficient (Wildman–Crippen LogP) is 3.62. The van der Waals surface area contributed by atoms with Gasteiger partial charge in [-0.2, -0.15) is 5.10 Å². The van der Waals surface area contributed by atoms with E-state index in [0.717, 1.165) is 72.6 Å². The van der Waals surface area contributed by atoms with Gasteiger partial charge in [0, 0.05) is 69.1 Å². The van der Waals surface area contributed by atoms with Crippen LogP contribution in [0.2, 0.25) is 0 Å². The van der Waals surface area contributed by atoms with Crippen molar-refractivity contribution in [2.45, 2.75) is 32.7 Å². The maximum Gasteiger partial charge on any atom is 0.234 e. The lowest BCUT2D eigenvalue weighted by Gasteiger charge is -2.37. The summed E-state index contributed by atoms with van der Waals surface area (Å²) in [5.41, 5.74) is 5.76. The second kappa shape index (κ2) is 14.3. The molecule has 0 aliphatic carbocycles. The molecular weight excluding hydrogens is 602 g/mol. The van der Waals surface area contributed by atoms with Gasteiger partial charge in [0.2, 0.25) is 11.8 Å². The van der Waals surface area contributed by atoms with Crippen LogP contribution in [0.1, 0.15) is 29.7 Å². The van der Waals surface area contributed by atoms with Gasteiger partial charge in [0.15, 0.2) is 23.0 Å². The van der Waals surface area contributed by atoms with E-state index in [9.17, 15) is 9.59 Å². The molecule has 47 heavy (non-hydrogen) atoms. The zero-order valence-electron chi connectivity index (χ0n) is 27.7. The number of methoxy groups -OCH3 is 4. The largest absolute Gasteiger partial charge is 0.493 e. The molecule has 0 spiro atoms. The molecule has 3 heterocycles. The zero-order chi connectivity index (χ0) is 32.4. The van der Waals surface area contributed by atoms with E-state index in [1.54, 1.807) is 28.4 Å². The van der Waals surface area contributed by atoms with Gasteiger partial charge in [0.05, 0.1) is 51.9 Å². The minimum absolute atomic E-state index is 0. The van der Waals surface area contributed by atoms with Crippen LogP contribution in [0, 0.1) is 6.92 Å². The first-order chi connectivity index (χ1) is 22.3. The van der Waals surface area contributed by atoms with Crippen molar-refractivity contribution in [3.63, 3.8) is 0 Å². The fourth-order valence-electron chi connectivity index (χ4n) is 6.54. The number of carbonyl (C=O) groups excluding carboxylic acids is 2. The first-order valence-corrected chi connectivity index (χ1v) is 15.6. The molecule has 4 aromatic rings. The van der Waals surface area contributed by atoms with Crippen molar-refractivity contribution >= 4 is 34.1 Å². The number of benzene rings is 3. The molecule has 12 heteroatoms. The van der Waals surface area contributed by atoms with E-state index < -0.39 is 0 Å². The lowest BCUT2D eigenvalue weighted by Crippen LogP contribution is -2.47. The molecule has 0 saturated carbocycles. The number of imide groups is 1. The van der Waals surface area contributed by atoms with Crippen LogP contribution in [-0.2, 0) is 22.6 Å². The van der Waals surface area contributed by atoms with E-state index in [4.69, 9.17) is 24.0 Å². The van der Waals surface area contributed by atoms with Crippen LogP contribution in [-0.4, -0.2) is 93.1 Å². The fraction of sp³-hybridized carbons (Fsp3) is 0.400. The number of hydrogen-bond donors (Lipinski definition) is 0. The Bertz CT molecular complexity index is 1750. The van der Waals surface area contributed by atoms with Crippen molar-refractivity contribution < 1.29 is 34.0 Å². The number of fused-ring (bicyclic) bond motifs is 1. The molecule has 2 fully saturated rings. The summed E-state index contributed by atoms with van der Waals surface area (Å²) in [5.74, 6) is 2.45. The summed E-state index contributed by atoms with van der Waals surface area (Å²) >= 11 is 0. The average Bonchev–Trinajstić information content (AvgIpc) is 3.60. The highest BCUT2D eigenvalue weighted by atomic mass is 16.5. The molecule has 1 aromatic heterocycles. The number of carbonyl (C=O) groups is 2. The Balaban J connectivity index is 0.00000433. The summed E-state index contributed by atoms with van der Waals surface area (Å²) < 4.78 is 24.2. The van der Waals surface area contributed by atoms with E-state index >= 15 is 0 Å². The number of aromatic nitrogens is 2. The molecule has 12 nitrogen and oxygen atoms in total. The predicted molar refractivity (Wildman–Crippen MR) is 180 cm³/mol.